The van der Waals surface area contributed by atoms with Crippen LogP contribution in [0.4, 0.5) is 4.79 Å². The molecule has 4 nitrogen and oxygen atoms in total. The Hall–Kier alpha value is -1.20. The summed E-state index contributed by atoms with van der Waals surface area (Å²) in [5, 5.41) is 12.5. The fourth-order valence-electron chi connectivity index (χ4n) is 2.76. The predicted octanol–water partition coefficient (Wildman–Crippen LogP) is 2.97. The summed E-state index contributed by atoms with van der Waals surface area (Å²) in [6, 6.07) is 10.2. The molecule has 1 saturated heterocycles. The van der Waals surface area contributed by atoms with Crippen LogP contribution in [0.2, 0.25) is 0 Å². The van der Waals surface area contributed by atoms with Crippen molar-refractivity contribution >= 4 is 17.8 Å². The van der Waals surface area contributed by atoms with Gasteiger partial charge in [-0.3, -0.25) is 0 Å². The van der Waals surface area contributed by atoms with Crippen molar-refractivity contribution < 1.29 is 9.90 Å². The number of aliphatic hydroxyl groups is 1. The van der Waals surface area contributed by atoms with E-state index in [1.165, 1.54) is 4.90 Å². The molecule has 22 heavy (non-hydrogen) atoms. The van der Waals surface area contributed by atoms with Crippen LogP contribution in [-0.4, -0.2) is 48.0 Å². The van der Waals surface area contributed by atoms with Gasteiger partial charge in [0, 0.05) is 36.9 Å². The third-order valence-corrected chi connectivity index (χ3v) is 5.60. The second-order valence-corrected chi connectivity index (χ2v) is 7.06. The Morgan fingerprint density at radius 3 is 2.59 bits per heavy atom. The van der Waals surface area contributed by atoms with Gasteiger partial charge >= 0.3 is 6.03 Å². The Kier molecular flexibility index (Phi) is 6.58. The fraction of sp³-hybridized carbons (Fsp3) is 0.588. The van der Waals surface area contributed by atoms with Gasteiger partial charge in [0.1, 0.15) is 0 Å². The molecule has 0 bridgehead atoms. The van der Waals surface area contributed by atoms with Gasteiger partial charge in [0.25, 0.3) is 0 Å². The number of nitrogens with zero attached hydrogens (tertiary/aromatic N) is 1. The number of hydrogen-bond donors (Lipinski definition) is 2. The Morgan fingerprint density at radius 2 is 2.00 bits per heavy atom. The lowest BCUT2D eigenvalue weighted by molar-refractivity contribution is 0.0521. The van der Waals surface area contributed by atoms with E-state index >= 15 is 0 Å². The van der Waals surface area contributed by atoms with Crippen LogP contribution in [0.15, 0.2) is 35.2 Å². The lowest BCUT2D eigenvalue weighted by Crippen LogP contribution is -2.48. The molecule has 0 atom stereocenters. The zero-order valence-electron chi connectivity index (χ0n) is 13.3. The van der Waals surface area contributed by atoms with E-state index in [1.807, 2.05) is 23.1 Å². The second kappa shape index (κ2) is 8.44. The smallest absolute Gasteiger partial charge is 0.317 e. The molecule has 2 N–H and O–H groups in total. The molecule has 5 heteroatoms. The number of nitrogens with one attached hydrogen (secondary N) is 1. The number of amides is 2. The molecular weight excluding hydrogens is 296 g/mol. The number of carbonyl (C=O) groups is 1. The van der Waals surface area contributed by atoms with E-state index in [-0.39, 0.29) is 18.1 Å². The molecule has 1 aliphatic rings. The standard InChI is InChI=1S/C17H26N2O2S/c1-2-17(14-20)8-11-19(12-9-17)16(21)18-10-13-22-15-6-4-3-5-7-15/h3-7,20H,2,8-14H2,1H3,(H,18,21). The lowest BCUT2D eigenvalue weighted by Gasteiger charge is -2.40. The number of likely N-dealkylation sites (tertiary alicyclic amines) is 1. The summed E-state index contributed by atoms with van der Waals surface area (Å²) in [6.07, 6.45) is 2.77. The quantitative estimate of drug-likeness (QED) is 0.625. The number of aliphatic hydroxyl groups excluding tert-OH is 1. The third-order valence-electron chi connectivity index (χ3n) is 4.59. The van der Waals surface area contributed by atoms with Crippen LogP contribution in [0.5, 0.6) is 0 Å². The van der Waals surface area contributed by atoms with Gasteiger partial charge in [-0.05, 0) is 36.8 Å². The first-order valence-corrected chi connectivity index (χ1v) is 8.99. The molecule has 1 aromatic carbocycles. The molecule has 0 aliphatic carbocycles. The summed E-state index contributed by atoms with van der Waals surface area (Å²) in [4.78, 5) is 15.2. The maximum Gasteiger partial charge on any atom is 0.317 e. The normalized spacial score (nSPS) is 17.3. The van der Waals surface area contributed by atoms with Crippen LogP contribution >= 0.6 is 11.8 Å². The van der Waals surface area contributed by atoms with Gasteiger partial charge in [0.15, 0.2) is 0 Å². The van der Waals surface area contributed by atoms with Gasteiger partial charge in [-0.15, -0.1) is 11.8 Å². The van der Waals surface area contributed by atoms with Crippen LogP contribution in [-0.2, 0) is 0 Å². The SMILES string of the molecule is CCC1(CO)CCN(C(=O)NCCSc2ccccc2)CC1. The third kappa shape index (κ3) is 4.65. The minimum atomic E-state index is 0.0244. The Morgan fingerprint density at radius 1 is 1.32 bits per heavy atom. The topological polar surface area (TPSA) is 52.6 Å². The number of hydrogen-bond acceptors (Lipinski definition) is 3. The molecule has 1 aliphatic heterocycles. The highest BCUT2D eigenvalue weighted by Gasteiger charge is 2.33. The van der Waals surface area contributed by atoms with Crippen LogP contribution in [0.1, 0.15) is 26.2 Å². The van der Waals surface area contributed by atoms with E-state index in [0.29, 0.717) is 6.54 Å². The predicted molar refractivity (Wildman–Crippen MR) is 91.2 cm³/mol. The van der Waals surface area contributed by atoms with Crippen molar-refractivity contribution in [2.75, 3.05) is 32.0 Å². The molecule has 0 spiro atoms. The molecule has 2 rings (SSSR count). The van der Waals surface area contributed by atoms with Crippen LogP contribution in [0, 0.1) is 5.41 Å². The Labute approximate surface area is 137 Å². The first-order valence-electron chi connectivity index (χ1n) is 8.00. The van der Waals surface area contributed by atoms with Crippen molar-refractivity contribution in [1.29, 1.82) is 0 Å². The first-order chi connectivity index (χ1) is 10.7. The van der Waals surface area contributed by atoms with Crippen LogP contribution in [0.25, 0.3) is 0 Å². The Balaban J connectivity index is 1.66. The molecule has 1 heterocycles. The zero-order valence-corrected chi connectivity index (χ0v) is 14.1. The van der Waals surface area contributed by atoms with Crippen molar-refractivity contribution in [1.82, 2.24) is 10.2 Å². The Bertz CT molecular complexity index is 453. The molecule has 1 fully saturated rings. The van der Waals surface area contributed by atoms with Crippen molar-refractivity contribution in [3.05, 3.63) is 30.3 Å². The summed E-state index contributed by atoms with van der Waals surface area (Å²) in [5.41, 5.74) is 0.0277. The summed E-state index contributed by atoms with van der Waals surface area (Å²) < 4.78 is 0. The van der Waals surface area contributed by atoms with Gasteiger partial charge in [-0.25, -0.2) is 4.79 Å². The van der Waals surface area contributed by atoms with Gasteiger partial charge in [-0.2, -0.15) is 0 Å². The summed E-state index contributed by atoms with van der Waals surface area (Å²) in [5.74, 6) is 0.874. The molecule has 2 amide bonds. The van der Waals surface area contributed by atoms with E-state index in [9.17, 15) is 9.90 Å². The summed E-state index contributed by atoms with van der Waals surface area (Å²) >= 11 is 1.75. The van der Waals surface area contributed by atoms with Crippen molar-refractivity contribution in [3.63, 3.8) is 0 Å². The minimum Gasteiger partial charge on any atom is -0.396 e. The number of rotatable bonds is 6. The van der Waals surface area contributed by atoms with Crippen molar-refractivity contribution in [2.24, 2.45) is 5.41 Å². The largest absolute Gasteiger partial charge is 0.396 e. The monoisotopic (exact) mass is 322 g/mol. The average Bonchev–Trinajstić information content (AvgIpc) is 2.59. The van der Waals surface area contributed by atoms with Crippen LogP contribution < -0.4 is 5.32 Å². The maximum atomic E-state index is 12.1. The number of carbonyl (C=O) groups excluding carboxylic acids is 1. The molecule has 0 aromatic heterocycles. The summed E-state index contributed by atoms with van der Waals surface area (Å²) in [6.45, 7) is 4.51. The lowest BCUT2D eigenvalue weighted by atomic mass is 9.77. The van der Waals surface area contributed by atoms with E-state index in [0.717, 1.165) is 38.1 Å². The highest BCUT2D eigenvalue weighted by molar-refractivity contribution is 7.99. The minimum absolute atomic E-state index is 0.0244. The van der Waals surface area contributed by atoms with Gasteiger partial charge in [0.05, 0.1) is 0 Å². The number of piperidine rings is 1. The van der Waals surface area contributed by atoms with E-state index < -0.39 is 0 Å². The van der Waals surface area contributed by atoms with Gasteiger partial charge < -0.3 is 15.3 Å². The molecule has 0 radical (unpaired) electrons. The molecule has 0 unspecified atom stereocenters. The van der Waals surface area contributed by atoms with Gasteiger partial charge in [-0.1, -0.05) is 25.1 Å². The first kappa shape index (κ1) is 17.2. The fourth-order valence-corrected chi connectivity index (χ4v) is 3.55. The number of urea groups is 1. The van der Waals surface area contributed by atoms with E-state index in [4.69, 9.17) is 0 Å². The molecule has 1 aromatic rings. The van der Waals surface area contributed by atoms with Gasteiger partial charge in [0.2, 0.25) is 0 Å². The average molecular weight is 322 g/mol. The van der Waals surface area contributed by atoms with Crippen LogP contribution in [0.3, 0.4) is 0 Å². The molecular formula is C17H26N2O2S. The van der Waals surface area contributed by atoms with Crippen molar-refractivity contribution in [2.45, 2.75) is 31.1 Å². The highest BCUT2D eigenvalue weighted by Crippen LogP contribution is 2.34. The highest BCUT2D eigenvalue weighted by atomic mass is 32.2. The summed E-state index contributed by atoms with van der Waals surface area (Å²) in [7, 11) is 0. The van der Waals surface area contributed by atoms with E-state index in [1.54, 1.807) is 11.8 Å². The molecule has 0 saturated carbocycles. The zero-order chi connectivity index (χ0) is 15.8. The number of benzene rings is 1. The van der Waals surface area contributed by atoms with E-state index in [2.05, 4.69) is 24.4 Å². The maximum absolute atomic E-state index is 12.1. The molecule has 122 valence electrons. The second-order valence-electron chi connectivity index (χ2n) is 5.89. The number of thioether (sulfide) groups is 1. The van der Waals surface area contributed by atoms with Crippen molar-refractivity contribution in [3.8, 4) is 0 Å².